The fraction of sp³-hybridized carbons (Fsp3) is 0.364. The van der Waals surface area contributed by atoms with Crippen LogP contribution in [0.1, 0.15) is 10.4 Å². The maximum atomic E-state index is 13.4. The molecule has 0 aliphatic rings. The van der Waals surface area contributed by atoms with Crippen molar-refractivity contribution in [3.63, 3.8) is 0 Å². The third kappa shape index (κ3) is 3.59. The molecular weight excluding hydrogens is 246 g/mol. The van der Waals surface area contributed by atoms with E-state index in [1.54, 1.807) is 11.8 Å². The summed E-state index contributed by atoms with van der Waals surface area (Å²) in [7, 11) is 1.42. The van der Waals surface area contributed by atoms with Gasteiger partial charge in [0.25, 0.3) is 5.91 Å². The summed E-state index contributed by atoms with van der Waals surface area (Å²) >= 11 is 1.58. The van der Waals surface area contributed by atoms with Crippen molar-refractivity contribution in [2.75, 3.05) is 30.9 Å². The monoisotopic (exact) mass is 260 g/mol. The second-order valence-corrected chi connectivity index (χ2v) is 4.30. The van der Waals surface area contributed by atoms with E-state index in [9.17, 15) is 13.6 Å². The Morgan fingerprint density at radius 3 is 2.41 bits per heavy atom. The minimum Gasteiger partial charge on any atom is -0.383 e. The Bertz CT molecular complexity index is 389. The van der Waals surface area contributed by atoms with Crippen LogP contribution in [0.5, 0.6) is 0 Å². The van der Waals surface area contributed by atoms with Gasteiger partial charge in [-0.3, -0.25) is 4.79 Å². The molecule has 1 amide bonds. The number of anilines is 1. The Hall–Kier alpha value is -1.30. The SMILES string of the molecule is CNc1c(F)cc(C(=O)NCCSC)cc1F. The zero-order valence-electron chi connectivity index (χ0n) is 9.64. The Morgan fingerprint density at radius 1 is 1.35 bits per heavy atom. The average Bonchev–Trinajstić information content (AvgIpc) is 2.28. The van der Waals surface area contributed by atoms with Gasteiger partial charge in [-0.05, 0) is 18.4 Å². The van der Waals surface area contributed by atoms with Crippen molar-refractivity contribution < 1.29 is 13.6 Å². The molecule has 0 saturated carbocycles. The van der Waals surface area contributed by atoms with Gasteiger partial charge >= 0.3 is 0 Å². The van der Waals surface area contributed by atoms with Crippen molar-refractivity contribution in [1.82, 2.24) is 5.32 Å². The number of thioether (sulfide) groups is 1. The third-order valence-corrected chi connectivity index (χ3v) is 2.76. The van der Waals surface area contributed by atoms with Gasteiger partial charge in [0.15, 0.2) is 0 Å². The molecule has 1 aromatic carbocycles. The van der Waals surface area contributed by atoms with Gasteiger partial charge in [0.1, 0.15) is 17.3 Å². The average molecular weight is 260 g/mol. The molecule has 0 aliphatic heterocycles. The molecule has 0 radical (unpaired) electrons. The van der Waals surface area contributed by atoms with Crippen LogP contribution in [0.3, 0.4) is 0 Å². The van der Waals surface area contributed by atoms with Gasteiger partial charge in [-0.25, -0.2) is 8.78 Å². The van der Waals surface area contributed by atoms with E-state index in [1.807, 2.05) is 6.26 Å². The summed E-state index contributed by atoms with van der Waals surface area (Å²) in [6, 6.07) is 2.03. The minimum absolute atomic E-state index is 0.0138. The van der Waals surface area contributed by atoms with Crippen molar-refractivity contribution in [1.29, 1.82) is 0 Å². The first kappa shape index (κ1) is 13.8. The van der Waals surface area contributed by atoms with Gasteiger partial charge in [-0.1, -0.05) is 0 Å². The Labute approximate surface area is 103 Å². The van der Waals surface area contributed by atoms with Crippen LogP contribution < -0.4 is 10.6 Å². The molecule has 0 spiro atoms. The van der Waals surface area contributed by atoms with Crippen molar-refractivity contribution >= 4 is 23.4 Å². The fourth-order valence-electron chi connectivity index (χ4n) is 1.31. The van der Waals surface area contributed by atoms with Crippen LogP contribution in [0, 0.1) is 11.6 Å². The third-order valence-electron chi connectivity index (χ3n) is 2.15. The first-order valence-corrected chi connectivity index (χ1v) is 6.43. The van der Waals surface area contributed by atoms with E-state index in [0.717, 1.165) is 17.9 Å². The van der Waals surface area contributed by atoms with E-state index >= 15 is 0 Å². The molecule has 3 nitrogen and oxygen atoms in total. The number of hydrogen-bond acceptors (Lipinski definition) is 3. The van der Waals surface area contributed by atoms with E-state index in [2.05, 4.69) is 10.6 Å². The molecule has 0 saturated heterocycles. The van der Waals surface area contributed by atoms with Crippen LogP contribution in [0.15, 0.2) is 12.1 Å². The zero-order chi connectivity index (χ0) is 12.8. The summed E-state index contributed by atoms with van der Waals surface area (Å²) in [5.41, 5.74) is -0.245. The molecule has 1 aromatic rings. The predicted octanol–water partition coefficient (Wildman–Crippen LogP) is 2.10. The summed E-state index contributed by atoms with van der Waals surface area (Å²) in [4.78, 5) is 11.5. The molecule has 17 heavy (non-hydrogen) atoms. The van der Waals surface area contributed by atoms with Gasteiger partial charge in [-0.15, -0.1) is 0 Å². The van der Waals surface area contributed by atoms with Gasteiger partial charge in [0.2, 0.25) is 0 Å². The number of amides is 1. The summed E-state index contributed by atoms with van der Waals surface area (Å²) < 4.78 is 26.7. The molecule has 2 N–H and O–H groups in total. The smallest absolute Gasteiger partial charge is 0.251 e. The molecule has 0 aromatic heterocycles. The zero-order valence-corrected chi connectivity index (χ0v) is 10.5. The number of benzene rings is 1. The molecule has 0 heterocycles. The van der Waals surface area contributed by atoms with Crippen LogP contribution in [0.2, 0.25) is 0 Å². The molecule has 6 heteroatoms. The highest BCUT2D eigenvalue weighted by Gasteiger charge is 2.13. The number of nitrogens with one attached hydrogen (secondary N) is 2. The van der Waals surface area contributed by atoms with E-state index in [1.165, 1.54) is 7.05 Å². The number of carbonyl (C=O) groups excluding carboxylic acids is 1. The van der Waals surface area contributed by atoms with E-state index < -0.39 is 17.5 Å². The lowest BCUT2D eigenvalue weighted by Crippen LogP contribution is -2.26. The highest BCUT2D eigenvalue weighted by molar-refractivity contribution is 7.98. The van der Waals surface area contributed by atoms with Crippen molar-refractivity contribution in [2.45, 2.75) is 0 Å². The van der Waals surface area contributed by atoms with E-state index in [0.29, 0.717) is 6.54 Å². The number of hydrogen-bond donors (Lipinski definition) is 2. The number of halogens is 2. The van der Waals surface area contributed by atoms with Gasteiger partial charge in [0, 0.05) is 24.9 Å². The fourth-order valence-corrected chi connectivity index (χ4v) is 1.62. The summed E-state index contributed by atoms with van der Waals surface area (Å²) in [5.74, 6) is -1.27. The number of rotatable bonds is 5. The standard InChI is InChI=1S/C11H14F2N2OS/c1-14-10-8(12)5-7(6-9(10)13)11(16)15-3-4-17-2/h5-6,14H,3-4H2,1-2H3,(H,15,16). The van der Waals surface area contributed by atoms with Crippen molar-refractivity contribution in [3.05, 3.63) is 29.3 Å². The lowest BCUT2D eigenvalue weighted by molar-refractivity contribution is 0.0955. The van der Waals surface area contributed by atoms with E-state index in [4.69, 9.17) is 0 Å². The lowest BCUT2D eigenvalue weighted by atomic mass is 10.1. The van der Waals surface area contributed by atoms with Crippen LogP contribution in [0.4, 0.5) is 14.5 Å². The van der Waals surface area contributed by atoms with Crippen LogP contribution in [0.25, 0.3) is 0 Å². The highest BCUT2D eigenvalue weighted by atomic mass is 32.2. The maximum absolute atomic E-state index is 13.4. The van der Waals surface area contributed by atoms with E-state index in [-0.39, 0.29) is 11.3 Å². The normalized spacial score (nSPS) is 10.1. The highest BCUT2D eigenvalue weighted by Crippen LogP contribution is 2.20. The number of carbonyl (C=O) groups is 1. The van der Waals surface area contributed by atoms with Gasteiger partial charge in [0.05, 0.1) is 0 Å². The van der Waals surface area contributed by atoms with Gasteiger partial charge < -0.3 is 10.6 Å². The molecule has 0 bridgehead atoms. The summed E-state index contributed by atoms with van der Waals surface area (Å²) in [6.45, 7) is 0.469. The molecule has 1 rings (SSSR count). The quantitative estimate of drug-likeness (QED) is 0.797. The predicted molar refractivity (Wildman–Crippen MR) is 66.6 cm³/mol. The Balaban J connectivity index is 2.81. The molecule has 0 atom stereocenters. The van der Waals surface area contributed by atoms with Crippen LogP contribution in [-0.2, 0) is 0 Å². The largest absolute Gasteiger partial charge is 0.383 e. The molecule has 0 aliphatic carbocycles. The molecule has 0 fully saturated rings. The Morgan fingerprint density at radius 2 is 1.94 bits per heavy atom. The van der Waals surface area contributed by atoms with Crippen LogP contribution in [-0.4, -0.2) is 31.5 Å². The maximum Gasteiger partial charge on any atom is 0.251 e. The molecule has 94 valence electrons. The second kappa shape index (κ2) is 6.44. The summed E-state index contributed by atoms with van der Waals surface area (Å²) in [6.07, 6.45) is 1.91. The van der Waals surface area contributed by atoms with Crippen molar-refractivity contribution in [2.24, 2.45) is 0 Å². The Kier molecular flexibility index (Phi) is 5.21. The molecule has 0 unspecified atom stereocenters. The topological polar surface area (TPSA) is 41.1 Å². The first-order valence-electron chi connectivity index (χ1n) is 5.04. The van der Waals surface area contributed by atoms with Gasteiger partial charge in [-0.2, -0.15) is 11.8 Å². The van der Waals surface area contributed by atoms with Crippen molar-refractivity contribution in [3.8, 4) is 0 Å². The first-order chi connectivity index (χ1) is 8.10. The summed E-state index contributed by atoms with van der Waals surface area (Å²) in [5, 5.41) is 4.98. The minimum atomic E-state index is -0.775. The lowest BCUT2D eigenvalue weighted by Gasteiger charge is -2.08. The molecular formula is C11H14F2N2OS. The van der Waals surface area contributed by atoms with Crippen LogP contribution >= 0.6 is 11.8 Å². The second-order valence-electron chi connectivity index (χ2n) is 3.31.